The Hall–Kier alpha value is -0.950. The summed E-state index contributed by atoms with van der Waals surface area (Å²) in [7, 11) is 0. The predicted octanol–water partition coefficient (Wildman–Crippen LogP) is 1.38. The number of pyridine rings is 1. The van der Waals surface area contributed by atoms with E-state index in [1.807, 2.05) is 23.5 Å². The number of rotatable bonds is 3. The summed E-state index contributed by atoms with van der Waals surface area (Å²) < 4.78 is 13.0. The van der Waals surface area contributed by atoms with Crippen molar-refractivity contribution in [2.75, 3.05) is 29.5 Å². The molecule has 1 aliphatic heterocycles. The number of nitrogen functional groups attached to an aromatic ring is 1. The molecule has 0 saturated carbocycles. The topological polar surface area (TPSA) is 68.0 Å². The largest absolute Gasteiger partial charge is 0.383 e. The molecule has 0 aromatic carbocycles. The average Bonchev–Trinajstić information content (AvgIpc) is 2.40. The van der Waals surface area contributed by atoms with Gasteiger partial charge in [-0.3, -0.25) is 4.79 Å². The first kappa shape index (κ1) is 13.5. The fourth-order valence-electron chi connectivity index (χ4n) is 1.59. The lowest BCUT2D eigenvalue weighted by atomic mass is 10.2. The van der Waals surface area contributed by atoms with Crippen LogP contribution in [0.3, 0.4) is 0 Å². The monoisotopic (exact) mass is 287 g/mol. The van der Waals surface area contributed by atoms with Gasteiger partial charge in [-0.25, -0.2) is 9.37 Å². The van der Waals surface area contributed by atoms with Crippen molar-refractivity contribution in [1.29, 1.82) is 0 Å². The summed E-state index contributed by atoms with van der Waals surface area (Å²) in [6.45, 7) is 0.576. The van der Waals surface area contributed by atoms with Gasteiger partial charge in [-0.15, -0.1) is 0 Å². The van der Waals surface area contributed by atoms with Crippen LogP contribution in [0.4, 0.5) is 10.2 Å². The van der Waals surface area contributed by atoms with Crippen LogP contribution in [0.1, 0.15) is 10.4 Å². The van der Waals surface area contributed by atoms with Gasteiger partial charge in [-0.1, -0.05) is 0 Å². The molecular weight excluding hydrogens is 273 g/mol. The molecule has 2 rings (SSSR count). The quantitative estimate of drug-likeness (QED) is 0.879. The van der Waals surface area contributed by atoms with E-state index in [0.29, 0.717) is 11.8 Å². The molecule has 1 unspecified atom stereocenters. The van der Waals surface area contributed by atoms with Crippen molar-refractivity contribution in [3.63, 3.8) is 0 Å². The van der Waals surface area contributed by atoms with Gasteiger partial charge in [-0.05, 0) is 6.07 Å². The van der Waals surface area contributed by atoms with Gasteiger partial charge >= 0.3 is 0 Å². The molecule has 3 N–H and O–H groups in total. The van der Waals surface area contributed by atoms with Gasteiger partial charge in [0, 0.05) is 29.1 Å². The predicted molar refractivity (Wildman–Crippen MR) is 74.5 cm³/mol. The number of carbonyl (C=O) groups excluding carboxylic acids is 1. The zero-order valence-electron chi connectivity index (χ0n) is 9.69. The van der Waals surface area contributed by atoms with Crippen LogP contribution in [0.25, 0.3) is 0 Å². The lowest BCUT2D eigenvalue weighted by Crippen LogP contribution is -2.34. The van der Waals surface area contributed by atoms with Crippen LogP contribution in [0, 0.1) is 5.82 Å². The second-order valence-corrected chi connectivity index (χ2v) is 6.42. The lowest BCUT2D eigenvalue weighted by molar-refractivity contribution is 0.0954. The van der Waals surface area contributed by atoms with Gasteiger partial charge in [0.2, 0.25) is 0 Å². The Balaban J connectivity index is 1.92. The van der Waals surface area contributed by atoms with Gasteiger partial charge in [-0.2, -0.15) is 23.5 Å². The van der Waals surface area contributed by atoms with Crippen LogP contribution in [-0.2, 0) is 0 Å². The van der Waals surface area contributed by atoms with E-state index in [2.05, 4.69) is 10.3 Å². The Morgan fingerprint density at radius 2 is 2.44 bits per heavy atom. The van der Waals surface area contributed by atoms with Crippen LogP contribution in [0.15, 0.2) is 12.3 Å². The number of thioether (sulfide) groups is 2. The van der Waals surface area contributed by atoms with E-state index in [9.17, 15) is 9.18 Å². The number of hydrogen-bond donors (Lipinski definition) is 2. The number of amides is 1. The highest BCUT2D eigenvalue weighted by molar-refractivity contribution is 8.06. The Kier molecular flexibility index (Phi) is 4.71. The smallest absolute Gasteiger partial charge is 0.255 e. The van der Waals surface area contributed by atoms with E-state index in [0.717, 1.165) is 29.5 Å². The van der Waals surface area contributed by atoms with Crippen molar-refractivity contribution < 1.29 is 9.18 Å². The molecule has 4 nitrogen and oxygen atoms in total. The molecule has 0 aliphatic carbocycles. The fraction of sp³-hybridized carbons (Fsp3) is 0.455. The van der Waals surface area contributed by atoms with E-state index in [1.54, 1.807) is 0 Å². The summed E-state index contributed by atoms with van der Waals surface area (Å²) in [4.78, 5) is 15.5. The highest BCUT2D eigenvalue weighted by atomic mass is 32.2. The minimum absolute atomic E-state index is 0.0552. The standard InChI is InChI=1S/C11H14FN3OS2/c12-7-3-9(10(13)14-4-7)11(16)15-5-8-6-17-1-2-18-8/h3-4,8H,1-2,5-6H2,(H2,13,14)(H,15,16). The van der Waals surface area contributed by atoms with Crippen LogP contribution >= 0.6 is 23.5 Å². The minimum Gasteiger partial charge on any atom is -0.383 e. The first-order valence-electron chi connectivity index (χ1n) is 5.55. The Morgan fingerprint density at radius 1 is 1.61 bits per heavy atom. The number of anilines is 1. The molecule has 1 aromatic rings. The SMILES string of the molecule is Nc1ncc(F)cc1C(=O)NCC1CSCCS1. The van der Waals surface area contributed by atoms with Gasteiger partial charge in [0.25, 0.3) is 5.91 Å². The average molecular weight is 287 g/mol. The summed E-state index contributed by atoms with van der Waals surface area (Å²) in [5, 5.41) is 3.19. The van der Waals surface area contributed by atoms with E-state index in [-0.39, 0.29) is 17.3 Å². The lowest BCUT2D eigenvalue weighted by Gasteiger charge is -2.21. The van der Waals surface area contributed by atoms with Gasteiger partial charge in [0.15, 0.2) is 0 Å². The molecule has 2 heterocycles. The van der Waals surface area contributed by atoms with E-state index >= 15 is 0 Å². The fourth-order valence-corrected chi connectivity index (χ4v) is 4.20. The second-order valence-electron chi connectivity index (χ2n) is 3.86. The van der Waals surface area contributed by atoms with Crippen molar-refractivity contribution in [1.82, 2.24) is 10.3 Å². The van der Waals surface area contributed by atoms with Gasteiger partial charge in [0.1, 0.15) is 11.6 Å². The molecule has 0 bridgehead atoms. The van der Waals surface area contributed by atoms with E-state index in [4.69, 9.17) is 5.73 Å². The molecule has 1 aromatic heterocycles. The summed E-state index contributed by atoms with van der Waals surface area (Å²) in [5.74, 6) is 2.43. The Labute approximate surface area is 113 Å². The molecule has 1 fully saturated rings. The van der Waals surface area contributed by atoms with Gasteiger partial charge in [0.05, 0.1) is 11.8 Å². The normalized spacial score (nSPS) is 19.5. The molecule has 1 amide bonds. The number of halogens is 1. The molecule has 7 heteroatoms. The third-order valence-electron chi connectivity index (χ3n) is 2.51. The maximum Gasteiger partial charge on any atom is 0.255 e. The summed E-state index contributed by atoms with van der Waals surface area (Å²) in [6, 6.07) is 1.11. The molecule has 18 heavy (non-hydrogen) atoms. The number of carbonyl (C=O) groups is 1. The number of aromatic nitrogens is 1. The van der Waals surface area contributed by atoms with E-state index in [1.165, 1.54) is 0 Å². The maximum absolute atomic E-state index is 13.0. The zero-order chi connectivity index (χ0) is 13.0. The van der Waals surface area contributed by atoms with Crippen LogP contribution in [0.5, 0.6) is 0 Å². The second kappa shape index (κ2) is 6.29. The molecule has 0 spiro atoms. The Morgan fingerprint density at radius 3 is 3.17 bits per heavy atom. The van der Waals surface area contributed by atoms with E-state index < -0.39 is 5.82 Å². The zero-order valence-corrected chi connectivity index (χ0v) is 11.3. The molecule has 1 atom stereocenters. The van der Waals surface area contributed by atoms with Crippen molar-refractivity contribution in [3.8, 4) is 0 Å². The van der Waals surface area contributed by atoms with Crippen molar-refractivity contribution in [2.45, 2.75) is 5.25 Å². The Bertz CT molecular complexity index is 438. The highest BCUT2D eigenvalue weighted by Gasteiger charge is 2.17. The first-order chi connectivity index (χ1) is 8.66. The number of hydrogen-bond acceptors (Lipinski definition) is 5. The van der Waals surface area contributed by atoms with Crippen molar-refractivity contribution in [2.24, 2.45) is 0 Å². The molecule has 1 saturated heterocycles. The summed E-state index contributed by atoms with van der Waals surface area (Å²) in [6.07, 6.45) is 1.000. The van der Waals surface area contributed by atoms with Crippen LogP contribution < -0.4 is 11.1 Å². The summed E-state index contributed by atoms with van der Waals surface area (Å²) >= 11 is 3.74. The first-order valence-corrected chi connectivity index (χ1v) is 7.75. The third kappa shape index (κ3) is 3.52. The highest BCUT2D eigenvalue weighted by Crippen LogP contribution is 2.23. The summed E-state index contributed by atoms with van der Waals surface area (Å²) in [5.41, 5.74) is 5.65. The third-order valence-corrected chi connectivity index (χ3v) is 5.35. The molecule has 1 aliphatic rings. The minimum atomic E-state index is -0.558. The molecule has 98 valence electrons. The molecular formula is C11H14FN3OS2. The number of nitrogens with two attached hydrogens (primary N) is 1. The van der Waals surface area contributed by atoms with Crippen molar-refractivity contribution >= 4 is 35.2 Å². The van der Waals surface area contributed by atoms with Crippen LogP contribution in [-0.4, -0.2) is 39.9 Å². The number of nitrogens with one attached hydrogen (secondary N) is 1. The number of nitrogens with zero attached hydrogens (tertiary/aromatic N) is 1. The molecule has 0 radical (unpaired) electrons. The van der Waals surface area contributed by atoms with Crippen LogP contribution in [0.2, 0.25) is 0 Å². The van der Waals surface area contributed by atoms with Crippen molar-refractivity contribution in [3.05, 3.63) is 23.6 Å². The van der Waals surface area contributed by atoms with Gasteiger partial charge < -0.3 is 11.1 Å². The maximum atomic E-state index is 13.0.